The van der Waals surface area contributed by atoms with E-state index in [0.29, 0.717) is 13.1 Å². The van der Waals surface area contributed by atoms with Crippen LogP contribution in [0.15, 0.2) is 47.5 Å². The zero-order valence-electron chi connectivity index (χ0n) is 17.1. The predicted octanol–water partition coefficient (Wildman–Crippen LogP) is 1.40. The van der Waals surface area contributed by atoms with Crippen molar-refractivity contribution in [2.45, 2.75) is 6.54 Å². The minimum absolute atomic E-state index is 0.0644. The summed E-state index contributed by atoms with van der Waals surface area (Å²) in [7, 11) is 0. The smallest absolute Gasteiger partial charge is 0.302 e. The molecule has 32 heavy (non-hydrogen) atoms. The largest absolute Gasteiger partial charge is 0.454 e. The highest BCUT2D eigenvalue weighted by molar-refractivity contribution is 6.01. The van der Waals surface area contributed by atoms with E-state index in [-0.39, 0.29) is 30.1 Å². The maximum absolute atomic E-state index is 12.8. The predicted molar refractivity (Wildman–Crippen MR) is 110 cm³/mol. The van der Waals surface area contributed by atoms with E-state index in [4.69, 9.17) is 13.9 Å². The van der Waals surface area contributed by atoms with Gasteiger partial charge in [-0.1, -0.05) is 6.07 Å². The maximum Gasteiger partial charge on any atom is 0.302 e. The molecule has 0 atom stereocenters. The fourth-order valence-electron chi connectivity index (χ4n) is 3.58. The molecule has 1 fully saturated rings. The fourth-order valence-corrected chi connectivity index (χ4v) is 3.58. The number of carbonyl (C=O) groups excluding carboxylic acids is 2. The Morgan fingerprint density at radius 3 is 2.69 bits per heavy atom. The number of aromatic nitrogens is 3. The van der Waals surface area contributed by atoms with Gasteiger partial charge < -0.3 is 18.8 Å². The number of amides is 2. The van der Waals surface area contributed by atoms with Gasteiger partial charge in [0.05, 0.1) is 6.20 Å². The average Bonchev–Trinajstić information content (AvgIpc) is 3.49. The molecule has 0 unspecified atom stereocenters. The minimum atomic E-state index is -0.518. The van der Waals surface area contributed by atoms with Crippen LogP contribution in [0.3, 0.4) is 0 Å². The van der Waals surface area contributed by atoms with Crippen LogP contribution in [0.5, 0.6) is 11.5 Å². The van der Waals surface area contributed by atoms with E-state index in [9.17, 15) is 9.59 Å². The lowest BCUT2D eigenvalue weighted by Crippen LogP contribution is -2.48. The molecule has 0 bridgehead atoms. The van der Waals surface area contributed by atoms with Crippen molar-refractivity contribution in [1.82, 2.24) is 24.8 Å². The van der Waals surface area contributed by atoms with Crippen LogP contribution in [-0.2, 0) is 6.54 Å². The van der Waals surface area contributed by atoms with Gasteiger partial charge in [0.15, 0.2) is 17.2 Å². The molecule has 4 heterocycles. The fraction of sp³-hybridized carbons (Fsp3) is 0.286. The van der Waals surface area contributed by atoms with Crippen molar-refractivity contribution in [3.8, 4) is 11.5 Å². The van der Waals surface area contributed by atoms with Crippen molar-refractivity contribution >= 4 is 17.8 Å². The molecule has 0 aliphatic carbocycles. The summed E-state index contributed by atoms with van der Waals surface area (Å²) < 4.78 is 16.0. The summed E-state index contributed by atoms with van der Waals surface area (Å²) in [4.78, 5) is 40.7. The quantitative estimate of drug-likeness (QED) is 0.632. The van der Waals surface area contributed by atoms with E-state index in [1.165, 1.54) is 24.9 Å². The van der Waals surface area contributed by atoms with E-state index >= 15 is 0 Å². The number of hydrogen-bond acceptors (Lipinski definition) is 9. The summed E-state index contributed by atoms with van der Waals surface area (Å²) in [5, 5.41) is 2.47. The Morgan fingerprint density at radius 2 is 1.88 bits per heavy atom. The Balaban J connectivity index is 1.14. The summed E-state index contributed by atoms with van der Waals surface area (Å²) in [6.07, 6.45) is 5.44. The van der Waals surface area contributed by atoms with Crippen LogP contribution in [-0.4, -0.2) is 69.5 Å². The maximum atomic E-state index is 12.8. The molecular weight excluding hydrogens is 416 g/mol. The first-order valence-corrected chi connectivity index (χ1v) is 10.1. The number of fused-ring (bicyclic) bond motifs is 1. The molecule has 2 aliphatic heterocycles. The highest BCUT2D eigenvalue weighted by Gasteiger charge is 2.25. The molecular formula is C21H20N6O5. The van der Waals surface area contributed by atoms with Crippen LogP contribution < -0.4 is 14.8 Å². The van der Waals surface area contributed by atoms with E-state index in [1.54, 1.807) is 4.90 Å². The molecule has 11 nitrogen and oxygen atoms in total. The molecule has 1 N–H and O–H groups in total. The Labute approximate surface area is 183 Å². The zero-order chi connectivity index (χ0) is 21.9. The normalized spacial score (nSPS) is 15.6. The summed E-state index contributed by atoms with van der Waals surface area (Å²) in [5.41, 5.74) is 1.40. The molecule has 0 spiro atoms. The molecule has 0 saturated carbocycles. The summed E-state index contributed by atoms with van der Waals surface area (Å²) in [6.45, 7) is 3.62. The number of carbonyl (C=O) groups is 2. The number of ether oxygens (including phenoxy) is 2. The number of oxazole rings is 1. The number of nitrogens with zero attached hydrogens (tertiary/aromatic N) is 5. The Kier molecular flexibility index (Phi) is 5.38. The van der Waals surface area contributed by atoms with Crippen molar-refractivity contribution < 1.29 is 23.5 Å². The van der Waals surface area contributed by atoms with Crippen molar-refractivity contribution in [3.05, 3.63) is 60.0 Å². The standard InChI is InChI=1S/C21H20N6O5/c28-19(15-10-22-3-4-23-15)25-21-24-16(12-30-21)20(29)27-7-5-26(6-8-27)11-14-1-2-17-18(9-14)32-13-31-17/h1-4,9-10,12H,5-8,11,13H2,(H,24,25,28). The molecule has 0 radical (unpaired) electrons. The van der Waals surface area contributed by atoms with Gasteiger partial charge in [-0.25, -0.2) is 4.98 Å². The number of nitrogens with one attached hydrogen (secondary N) is 1. The van der Waals surface area contributed by atoms with Gasteiger partial charge >= 0.3 is 6.01 Å². The van der Waals surface area contributed by atoms with Crippen LogP contribution in [0, 0.1) is 0 Å². The Hall–Kier alpha value is -3.99. The van der Waals surface area contributed by atoms with Crippen LogP contribution in [0.1, 0.15) is 26.5 Å². The topological polar surface area (TPSA) is 123 Å². The van der Waals surface area contributed by atoms with Gasteiger partial charge in [-0.3, -0.25) is 24.8 Å². The second-order valence-electron chi connectivity index (χ2n) is 7.34. The lowest BCUT2D eigenvalue weighted by atomic mass is 10.1. The van der Waals surface area contributed by atoms with Gasteiger partial charge in [0, 0.05) is 45.1 Å². The van der Waals surface area contributed by atoms with Gasteiger partial charge in [-0.05, 0) is 17.7 Å². The van der Waals surface area contributed by atoms with Gasteiger partial charge in [0.1, 0.15) is 12.0 Å². The molecule has 3 aromatic rings. The summed E-state index contributed by atoms with van der Waals surface area (Å²) >= 11 is 0. The SMILES string of the molecule is O=C(Nc1nc(C(=O)N2CCN(Cc3ccc4c(c3)OCO4)CC2)co1)c1cnccn1. The molecule has 2 aliphatic rings. The molecule has 164 valence electrons. The highest BCUT2D eigenvalue weighted by atomic mass is 16.7. The third-order valence-electron chi connectivity index (χ3n) is 5.24. The van der Waals surface area contributed by atoms with Crippen molar-refractivity contribution in [3.63, 3.8) is 0 Å². The van der Waals surface area contributed by atoms with E-state index in [0.717, 1.165) is 36.7 Å². The summed E-state index contributed by atoms with van der Waals surface area (Å²) in [5.74, 6) is 0.779. The minimum Gasteiger partial charge on any atom is -0.454 e. The van der Waals surface area contributed by atoms with E-state index < -0.39 is 5.91 Å². The summed E-state index contributed by atoms with van der Waals surface area (Å²) in [6, 6.07) is 5.87. The van der Waals surface area contributed by atoms with E-state index in [1.807, 2.05) is 18.2 Å². The van der Waals surface area contributed by atoms with Crippen molar-refractivity contribution in [1.29, 1.82) is 0 Å². The van der Waals surface area contributed by atoms with Gasteiger partial charge in [-0.2, -0.15) is 4.98 Å². The van der Waals surface area contributed by atoms with Crippen molar-refractivity contribution in [2.75, 3.05) is 38.3 Å². The van der Waals surface area contributed by atoms with Gasteiger partial charge in [0.2, 0.25) is 6.79 Å². The average molecular weight is 436 g/mol. The molecule has 2 aromatic heterocycles. The third kappa shape index (κ3) is 4.23. The lowest BCUT2D eigenvalue weighted by molar-refractivity contribution is 0.0622. The van der Waals surface area contributed by atoms with Crippen LogP contribution >= 0.6 is 0 Å². The van der Waals surface area contributed by atoms with Crippen LogP contribution in [0.4, 0.5) is 6.01 Å². The lowest BCUT2D eigenvalue weighted by Gasteiger charge is -2.34. The van der Waals surface area contributed by atoms with Crippen LogP contribution in [0.25, 0.3) is 0 Å². The number of anilines is 1. The highest BCUT2D eigenvalue weighted by Crippen LogP contribution is 2.32. The first-order chi connectivity index (χ1) is 15.7. The number of rotatable bonds is 5. The Bertz CT molecular complexity index is 1130. The molecule has 2 amide bonds. The third-order valence-corrected chi connectivity index (χ3v) is 5.24. The zero-order valence-corrected chi connectivity index (χ0v) is 17.1. The monoisotopic (exact) mass is 436 g/mol. The number of benzene rings is 1. The second kappa shape index (κ2) is 8.63. The molecule has 5 rings (SSSR count). The number of hydrogen-bond donors (Lipinski definition) is 1. The number of piperazine rings is 1. The van der Waals surface area contributed by atoms with Crippen LogP contribution in [0.2, 0.25) is 0 Å². The molecule has 11 heteroatoms. The van der Waals surface area contributed by atoms with Gasteiger partial charge in [-0.15, -0.1) is 0 Å². The Morgan fingerprint density at radius 1 is 1.03 bits per heavy atom. The van der Waals surface area contributed by atoms with E-state index in [2.05, 4.69) is 25.2 Å². The first kappa shape index (κ1) is 19.9. The van der Waals surface area contributed by atoms with Gasteiger partial charge in [0.25, 0.3) is 11.8 Å². The first-order valence-electron chi connectivity index (χ1n) is 10.1. The van der Waals surface area contributed by atoms with Crippen molar-refractivity contribution in [2.24, 2.45) is 0 Å². The second-order valence-corrected chi connectivity index (χ2v) is 7.34. The molecule has 1 saturated heterocycles. The molecule has 1 aromatic carbocycles.